The van der Waals surface area contributed by atoms with E-state index in [4.69, 9.17) is 10.9 Å². The molecule has 0 bridgehead atoms. The fourth-order valence-electron chi connectivity index (χ4n) is 1.82. The predicted octanol–water partition coefficient (Wildman–Crippen LogP) is 2.11. The molecule has 0 unspecified atom stereocenters. The minimum atomic E-state index is -0.0193. The van der Waals surface area contributed by atoms with Gasteiger partial charge < -0.3 is 15.8 Å². The highest BCUT2D eigenvalue weighted by atomic mass is 32.1. The highest BCUT2D eigenvalue weighted by molar-refractivity contribution is 7.12. The van der Waals surface area contributed by atoms with Crippen molar-refractivity contribution in [2.45, 2.75) is 6.54 Å². The zero-order valence-corrected chi connectivity index (χ0v) is 11.8. The highest BCUT2D eigenvalue weighted by Crippen LogP contribution is 2.14. The Hall–Kier alpha value is -2.34. The van der Waals surface area contributed by atoms with Gasteiger partial charge in [0.2, 0.25) is 0 Å². The number of hydrogen-bond acceptors (Lipinski definition) is 4. The van der Waals surface area contributed by atoms with Crippen LogP contribution in [0.1, 0.15) is 20.8 Å². The fourth-order valence-corrected chi connectivity index (χ4v) is 2.54. The zero-order chi connectivity index (χ0) is 14.5. The summed E-state index contributed by atoms with van der Waals surface area (Å²) in [6.45, 7) is 0.462. The SMILES string of the molecule is CN(Cc1cccc(C(N)=NO)c1)C(=O)c1cccs1. The van der Waals surface area contributed by atoms with Crippen molar-refractivity contribution in [3.63, 3.8) is 0 Å². The van der Waals surface area contributed by atoms with Crippen molar-refractivity contribution in [1.29, 1.82) is 0 Å². The molecular weight excluding hydrogens is 274 g/mol. The molecule has 0 fully saturated rings. The van der Waals surface area contributed by atoms with Crippen molar-refractivity contribution >= 4 is 23.1 Å². The average molecular weight is 289 g/mol. The van der Waals surface area contributed by atoms with Crippen molar-refractivity contribution < 1.29 is 10.0 Å². The molecular formula is C14H15N3O2S. The summed E-state index contributed by atoms with van der Waals surface area (Å²) >= 11 is 1.42. The summed E-state index contributed by atoms with van der Waals surface area (Å²) in [7, 11) is 1.75. The molecule has 1 aromatic heterocycles. The monoisotopic (exact) mass is 289 g/mol. The van der Waals surface area contributed by atoms with Gasteiger partial charge in [0.05, 0.1) is 4.88 Å². The second-order valence-corrected chi connectivity index (χ2v) is 5.27. The Bertz CT molecular complexity index is 623. The molecule has 1 aromatic carbocycles. The van der Waals surface area contributed by atoms with Gasteiger partial charge in [0.1, 0.15) is 0 Å². The van der Waals surface area contributed by atoms with Gasteiger partial charge in [0, 0.05) is 19.2 Å². The number of carbonyl (C=O) groups is 1. The molecule has 0 spiro atoms. The number of rotatable bonds is 4. The molecule has 2 rings (SSSR count). The van der Waals surface area contributed by atoms with E-state index in [1.807, 2.05) is 23.6 Å². The summed E-state index contributed by atoms with van der Waals surface area (Å²) in [4.78, 5) is 14.5. The van der Waals surface area contributed by atoms with Crippen molar-refractivity contribution in [2.24, 2.45) is 10.9 Å². The first kappa shape index (κ1) is 14.1. The highest BCUT2D eigenvalue weighted by Gasteiger charge is 2.13. The summed E-state index contributed by atoms with van der Waals surface area (Å²) in [5.41, 5.74) is 7.10. The van der Waals surface area contributed by atoms with Crippen LogP contribution in [0.2, 0.25) is 0 Å². The van der Waals surface area contributed by atoms with E-state index in [-0.39, 0.29) is 11.7 Å². The maximum absolute atomic E-state index is 12.1. The Morgan fingerprint density at radius 2 is 2.20 bits per heavy atom. The number of amides is 1. The van der Waals surface area contributed by atoms with Gasteiger partial charge in [-0.2, -0.15) is 0 Å². The lowest BCUT2D eigenvalue weighted by Crippen LogP contribution is -2.25. The van der Waals surface area contributed by atoms with Gasteiger partial charge >= 0.3 is 0 Å². The molecule has 3 N–H and O–H groups in total. The van der Waals surface area contributed by atoms with Crippen molar-refractivity contribution in [1.82, 2.24) is 4.90 Å². The number of oxime groups is 1. The van der Waals surface area contributed by atoms with Gasteiger partial charge in [-0.3, -0.25) is 4.79 Å². The molecule has 0 aliphatic heterocycles. The Morgan fingerprint density at radius 1 is 1.40 bits per heavy atom. The largest absolute Gasteiger partial charge is 0.409 e. The second kappa shape index (κ2) is 6.21. The summed E-state index contributed by atoms with van der Waals surface area (Å²) in [5, 5.41) is 13.5. The molecule has 6 heteroatoms. The third-order valence-corrected chi connectivity index (χ3v) is 3.69. The van der Waals surface area contributed by atoms with E-state index in [2.05, 4.69) is 5.16 Å². The van der Waals surface area contributed by atoms with Crippen LogP contribution in [0.3, 0.4) is 0 Å². The first-order chi connectivity index (χ1) is 9.61. The van der Waals surface area contributed by atoms with Crippen LogP contribution in [0.25, 0.3) is 0 Å². The fraction of sp³-hybridized carbons (Fsp3) is 0.143. The number of thiophene rings is 1. The molecule has 20 heavy (non-hydrogen) atoms. The number of carbonyl (C=O) groups excluding carboxylic acids is 1. The number of benzene rings is 1. The molecule has 1 heterocycles. The van der Waals surface area contributed by atoms with E-state index in [1.165, 1.54) is 11.3 Å². The van der Waals surface area contributed by atoms with Gasteiger partial charge in [-0.15, -0.1) is 11.3 Å². The quantitative estimate of drug-likeness (QED) is 0.391. The standard InChI is InChI=1S/C14H15N3O2S/c1-17(14(18)12-6-3-7-20-12)9-10-4-2-5-11(8-10)13(15)16-19/h2-8,19H,9H2,1H3,(H2,15,16). The lowest BCUT2D eigenvalue weighted by atomic mass is 10.1. The number of nitrogens with two attached hydrogens (primary N) is 1. The molecule has 1 amide bonds. The Morgan fingerprint density at radius 3 is 2.85 bits per heavy atom. The maximum Gasteiger partial charge on any atom is 0.263 e. The van der Waals surface area contributed by atoms with Crippen LogP contribution in [0.15, 0.2) is 46.9 Å². The molecule has 0 aliphatic rings. The topological polar surface area (TPSA) is 78.9 Å². The summed E-state index contributed by atoms with van der Waals surface area (Å²) < 4.78 is 0. The van der Waals surface area contributed by atoms with E-state index in [1.54, 1.807) is 30.1 Å². The van der Waals surface area contributed by atoms with Gasteiger partial charge in [-0.05, 0) is 23.1 Å². The molecule has 5 nitrogen and oxygen atoms in total. The Balaban J connectivity index is 2.12. The number of hydrogen-bond donors (Lipinski definition) is 2. The third-order valence-electron chi connectivity index (χ3n) is 2.83. The maximum atomic E-state index is 12.1. The van der Waals surface area contributed by atoms with E-state index >= 15 is 0 Å². The van der Waals surface area contributed by atoms with Crippen molar-refractivity contribution in [3.05, 3.63) is 57.8 Å². The summed E-state index contributed by atoms with van der Waals surface area (Å²) in [6.07, 6.45) is 0. The predicted molar refractivity (Wildman–Crippen MR) is 79.1 cm³/mol. The van der Waals surface area contributed by atoms with E-state index in [0.29, 0.717) is 17.0 Å². The lowest BCUT2D eigenvalue weighted by molar-refractivity contribution is 0.0790. The molecule has 0 aliphatic carbocycles. The van der Waals surface area contributed by atoms with Gasteiger partial charge in [0.15, 0.2) is 5.84 Å². The normalized spacial score (nSPS) is 11.3. The molecule has 0 radical (unpaired) electrons. The first-order valence-electron chi connectivity index (χ1n) is 5.97. The number of amidine groups is 1. The second-order valence-electron chi connectivity index (χ2n) is 4.32. The van der Waals surface area contributed by atoms with Crippen LogP contribution in [0.4, 0.5) is 0 Å². The molecule has 104 valence electrons. The first-order valence-corrected chi connectivity index (χ1v) is 6.85. The van der Waals surface area contributed by atoms with E-state index in [0.717, 1.165) is 5.56 Å². The van der Waals surface area contributed by atoms with Crippen LogP contribution in [-0.4, -0.2) is 28.9 Å². The third kappa shape index (κ3) is 3.16. The summed E-state index contributed by atoms with van der Waals surface area (Å²) in [6, 6.07) is 10.9. The number of nitrogens with zero attached hydrogens (tertiary/aromatic N) is 2. The van der Waals surface area contributed by atoms with Gasteiger partial charge in [-0.25, -0.2) is 0 Å². The van der Waals surface area contributed by atoms with E-state index < -0.39 is 0 Å². The van der Waals surface area contributed by atoms with Crippen LogP contribution < -0.4 is 5.73 Å². The minimum absolute atomic E-state index is 0.0193. The average Bonchev–Trinajstić information content (AvgIpc) is 3.00. The van der Waals surface area contributed by atoms with Crippen molar-refractivity contribution in [3.8, 4) is 0 Å². The van der Waals surface area contributed by atoms with Crippen LogP contribution in [-0.2, 0) is 6.54 Å². The van der Waals surface area contributed by atoms with E-state index in [9.17, 15) is 4.79 Å². The minimum Gasteiger partial charge on any atom is -0.409 e. The summed E-state index contributed by atoms with van der Waals surface area (Å²) in [5.74, 6) is 0.0355. The van der Waals surface area contributed by atoms with Crippen LogP contribution in [0.5, 0.6) is 0 Å². The van der Waals surface area contributed by atoms with Gasteiger partial charge in [0.25, 0.3) is 5.91 Å². The zero-order valence-electron chi connectivity index (χ0n) is 11.0. The molecule has 0 saturated heterocycles. The Kier molecular flexibility index (Phi) is 4.37. The van der Waals surface area contributed by atoms with Gasteiger partial charge in [-0.1, -0.05) is 29.4 Å². The van der Waals surface area contributed by atoms with Crippen molar-refractivity contribution in [2.75, 3.05) is 7.05 Å². The molecule has 2 aromatic rings. The molecule has 0 saturated carbocycles. The molecule has 0 atom stereocenters. The van der Waals surface area contributed by atoms with Crippen LogP contribution in [0, 0.1) is 0 Å². The van der Waals surface area contributed by atoms with Crippen LogP contribution >= 0.6 is 11.3 Å². The Labute approximate surface area is 120 Å². The smallest absolute Gasteiger partial charge is 0.263 e. The lowest BCUT2D eigenvalue weighted by Gasteiger charge is -2.16.